The van der Waals surface area contributed by atoms with Crippen LogP contribution in [0.5, 0.6) is 6.01 Å². The number of anilines is 4. The lowest BCUT2D eigenvalue weighted by Gasteiger charge is -2.14. The van der Waals surface area contributed by atoms with Gasteiger partial charge in [0, 0.05) is 11.4 Å². The van der Waals surface area contributed by atoms with Gasteiger partial charge in [-0.2, -0.15) is 20.1 Å². The Kier molecular flexibility index (Phi) is 7.03. The van der Waals surface area contributed by atoms with Crippen LogP contribution in [0.4, 0.5) is 23.3 Å². The largest absolute Gasteiger partial charge is 0.467 e. The number of nitrogens with one attached hydrogen (secondary N) is 2. The average molecular weight is 444 g/mol. The van der Waals surface area contributed by atoms with Gasteiger partial charge in [0.25, 0.3) is 5.91 Å². The van der Waals surface area contributed by atoms with Crippen molar-refractivity contribution in [2.24, 2.45) is 5.10 Å². The van der Waals surface area contributed by atoms with Gasteiger partial charge in [-0.1, -0.05) is 6.07 Å². The summed E-state index contributed by atoms with van der Waals surface area (Å²) in [4.78, 5) is 25.0. The Balaban J connectivity index is 0.00000272. The van der Waals surface area contributed by atoms with Crippen LogP contribution in [0.25, 0.3) is 0 Å². The zero-order chi connectivity index (χ0) is 20.9. The predicted molar refractivity (Wildman–Crippen MR) is 119 cm³/mol. The van der Waals surface area contributed by atoms with Gasteiger partial charge in [0.1, 0.15) is 5.76 Å². The van der Waals surface area contributed by atoms with Crippen LogP contribution in [-0.2, 0) is 11.3 Å². The van der Waals surface area contributed by atoms with Crippen molar-refractivity contribution < 1.29 is 13.9 Å². The number of hydrogen-bond acceptors (Lipinski definition) is 9. The van der Waals surface area contributed by atoms with Crippen LogP contribution in [0, 0.1) is 0 Å². The summed E-state index contributed by atoms with van der Waals surface area (Å²) in [6.07, 6.45) is 1.93. The van der Waals surface area contributed by atoms with Crippen LogP contribution in [0.2, 0.25) is 0 Å². The first-order valence-corrected chi connectivity index (χ1v) is 9.50. The fraction of sp³-hybridized carbons (Fsp3) is 0.250. The number of ether oxygens (including phenoxy) is 1. The number of aromatic nitrogens is 3. The highest BCUT2D eigenvalue weighted by Crippen LogP contribution is 2.25. The highest BCUT2D eigenvalue weighted by molar-refractivity contribution is 6.12. The van der Waals surface area contributed by atoms with Gasteiger partial charge in [-0.3, -0.25) is 4.79 Å². The van der Waals surface area contributed by atoms with Gasteiger partial charge < -0.3 is 19.8 Å². The van der Waals surface area contributed by atoms with Crippen LogP contribution in [0.15, 0.2) is 52.2 Å². The monoisotopic (exact) mass is 443 g/mol. The molecule has 2 N–H and O–H groups in total. The maximum absolute atomic E-state index is 12.1. The highest BCUT2D eigenvalue weighted by atomic mass is 35.5. The van der Waals surface area contributed by atoms with E-state index in [0.717, 1.165) is 11.5 Å². The van der Waals surface area contributed by atoms with Crippen LogP contribution in [0.1, 0.15) is 26.0 Å². The molecule has 0 atom stereocenters. The molecule has 1 amide bonds. The average Bonchev–Trinajstić information content (AvgIpc) is 3.36. The first kappa shape index (κ1) is 22.0. The molecule has 2 aromatic heterocycles. The molecular formula is C20H22ClN7O3. The van der Waals surface area contributed by atoms with E-state index in [9.17, 15) is 4.79 Å². The summed E-state index contributed by atoms with van der Waals surface area (Å²) in [5.41, 5.74) is 2.15. The van der Waals surface area contributed by atoms with E-state index in [1.165, 1.54) is 5.01 Å². The third-order valence-electron chi connectivity index (χ3n) is 4.15. The molecule has 162 valence electrons. The Bertz CT molecular complexity index is 1070. The first-order chi connectivity index (χ1) is 14.6. The molecule has 1 aliphatic rings. The summed E-state index contributed by atoms with van der Waals surface area (Å²) in [6, 6.07) is 11.2. The fourth-order valence-corrected chi connectivity index (χ4v) is 2.87. The molecule has 0 radical (unpaired) electrons. The number of furan rings is 1. The van der Waals surface area contributed by atoms with E-state index in [1.54, 1.807) is 12.3 Å². The minimum Gasteiger partial charge on any atom is -0.467 e. The van der Waals surface area contributed by atoms with Gasteiger partial charge in [-0.25, -0.2) is 5.01 Å². The molecule has 3 aromatic rings. The lowest BCUT2D eigenvalue weighted by atomic mass is 10.2. The zero-order valence-corrected chi connectivity index (χ0v) is 17.8. The molecule has 0 aliphatic carbocycles. The standard InChI is InChI=1S/C20H21N7O3.ClH/c1-3-29-20-24-18(21-12-16-8-5-9-30-16)23-19(25-20)22-14-6-4-7-15(11-14)27-17(28)10-13(2)26-27;/h4-9,11H,3,10,12H2,1-2H3,(H2,21,22,23,24,25);1H. The van der Waals surface area contributed by atoms with Crippen molar-refractivity contribution in [3.63, 3.8) is 0 Å². The Morgan fingerprint density at radius 3 is 2.71 bits per heavy atom. The van der Waals surface area contributed by atoms with Crippen molar-refractivity contribution in [3.8, 4) is 6.01 Å². The topological polar surface area (TPSA) is 118 Å². The molecule has 1 aromatic carbocycles. The van der Waals surface area contributed by atoms with E-state index in [-0.39, 0.29) is 24.3 Å². The lowest BCUT2D eigenvalue weighted by Crippen LogP contribution is -2.19. The van der Waals surface area contributed by atoms with Crippen molar-refractivity contribution in [2.75, 3.05) is 22.2 Å². The first-order valence-electron chi connectivity index (χ1n) is 9.50. The van der Waals surface area contributed by atoms with Crippen molar-refractivity contribution in [2.45, 2.75) is 26.8 Å². The van der Waals surface area contributed by atoms with E-state index in [1.807, 2.05) is 44.2 Å². The van der Waals surface area contributed by atoms with E-state index in [0.29, 0.717) is 42.8 Å². The molecule has 0 spiro atoms. The molecule has 0 bridgehead atoms. The number of carbonyl (C=O) groups excluding carboxylic acids is 1. The van der Waals surface area contributed by atoms with Gasteiger partial charge in [0.15, 0.2) is 0 Å². The minimum absolute atomic E-state index is 0. The predicted octanol–water partition coefficient (Wildman–Crippen LogP) is 3.75. The summed E-state index contributed by atoms with van der Waals surface area (Å²) in [5, 5.41) is 11.9. The molecule has 1 aliphatic heterocycles. The van der Waals surface area contributed by atoms with Crippen LogP contribution in [0.3, 0.4) is 0 Å². The van der Waals surface area contributed by atoms with Gasteiger partial charge >= 0.3 is 6.01 Å². The number of hydrazone groups is 1. The van der Waals surface area contributed by atoms with E-state index >= 15 is 0 Å². The number of rotatable bonds is 8. The normalized spacial score (nSPS) is 12.9. The van der Waals surface area contributed by atoms with Crippen LogP contribution in [-0.4, -0.2) is 33.2 Å². The molecule has 0 unspecified atom stereocenters. The maximum Gasteiger partial charge on any atom is 0.323 e. The number of halogens is 1. The number of benzene rings is 1. The Hall–Kier alpha value is -3.66. The highest BCUT2D eigenvalue weighted by Gasteiger charge is 2.22. The Morgan fingerprint density at radius 1 is 1.16 bits per heavy atom. The van der Waals surface area contributed by atoms with Crippen molar-refractivity contribution in [1.29, 1.82) is 0 Å². The summed E-state index contributed by atoms with van der Waals surface area (Å²) in [7, 11) is 0. The Morgan fingerprint density at radius 2 is 2.00 bits per heavy atom. The second-order valence-electron chi connectivity index (χ2n) is 6.52. The molecule has 31 heavy (non-hydrogen) atoms. The summed E-state index contributed by atoms with van der Waals surface area (Å²) in [5.74, 6) is 1.34. The molecular weight excluding hydrogens is 422 g/mol. The number of amides is 1. The fourth-order valence-electron chi connectivity index (χ4n) is 2.87. The third kappa shape index (κ3) is 5.48. The summed E-state index contributed by atoms with van der Waals surface area (Å²) < 4.78 is 10.8. The minimum atomic E-state index is -0.0622. The number of hydrogen-bond donors (Lipinski definition) is 2. The van der Waals surface area contributed by atoms with Crippen LogP contribution < -0.4 is 20.4 Å². The quantitative estimate of drug-likeness (QED) is 0.540. The third-order valence-corrected chi connectivity index (χ3v) is 4.15. The summed E-state index contributed by atoms with van der Waals surface area (Å²) >= 11 is 0. The molecule has 0 fully saturated rings. The second-order valence-corrected chi connectivity index (χ2v) is 6.52. The number of carbonyl (C=O) groups is 1. The maximum atomic E-state index is 12.1. The zero-order valence-electron chi connectivity index (χ0n) is 17.0. The SMILES string of the molecule is CCOc1nc(NCc2ccco2)nc(Nc2cccc(N3N=C(C)CC3=O)c2)n1.Cl. The smallest absolute Gasteiger partial charge is 0.323 e. The van der Waals surface area contributed by atoms with Crippen molar-refractivity contribution in [3.05, 3.63) is 48.4 Å². The molecule has 3 heterocycles. The van der Waals surface area contributed by atoms with Gasteiger partial charge in [0.2, 0.25) is 11.9 Å². The van der Waals surface area contributed by atoms with Gasteiger partial charge in [0.05, 0.1) is 31.5 Å². The van der Waals surface area contributed by atoms with Crippen molar-refractivity contribution in [1.82, 2.24) is 15.0 Å². The van der Waals surface area contributed by atoms with Crippen molar-refractivity contribution >= 4 is 47.3 Å². The van der Waals surface area contributed by atoms with E-state index < -0.39 is 0 Å². The number of nitrogens with zero attached hydrogens (tertiary/aromatic N) is 5. The molecule has 10 nitrogen and oxygen atoms in total. The second kappa shape index (κ2) is 9.90. The van der Waals surface area contributed by atoms with E-state index in [4.69, 9.17) is 9.15 Å². The van der Waals surface area contributed by atoms with E-state index in [2.05, 4.69) is 30.7 Å². The van der Waals surface area contributed by atoms with Gasteiger partial charge in [-0.05, 0) is 44.2 Å². The van der Waals surface area contributed by atoms with Crippen LogP contribution >= 0.6 is 12.4 Å². The Labute approximate surface area is 185 Å². The van der Waals surface area contributed by atoms with Gasteiger partial charge in [-0.15, -0.1) is 12.4 Å². The lowest BCUT2D eigenvalue weighted by molar-refractivity contribution is -0.116. The molecule has 0 saturated heterocycles. The molecule has 4 rings (SSSR count). The molecule has 0 saturated carbocycles. The molecule has 11 heteroatoms. The summed E-state index contributed by atoms with van der Waals surface area (Å²) in [6.45, 7) is 4.53.